The van der Waals surface area contributed by atoms with Gasteiger partial charge in [0.25, 0.3) is 6.01 Å². The molecule has 3 N–H and O–H groups in total. The molecule has 0 spiro atoms. The summed E-state index contributed by atoms with van der Waals surface area (Å²) >= 11 is 0. The van der Waals surface area contributed by atoms with Gasteiger partial charge in [-0.2, -0.15) is 4.98 Å². The van der Waals surface area contributed by atoms with E-state index in [9.17, 15) is 8.42 Å². The molecule has 1 aromatic carbocycles. The molecule has 0 atom stereocenters. The molecule has 6 nitrogen and oxygen atoms in total. The molecule has 0 unspecified atom stereocenters. The standard InChI is InChI=1S/C12H15N3O3S/c13-9-2-1-3-10-11(9)15-12(18-10)14-8-4-6-19(16,17)7-5-8/h1-3,8H,4-7,13H2,(H,14,15). The van der Waals surface area contributed by atoms with Crippen molar-refractivity contribution in [1.82, 2.24) is 4.98 Å². The Morgan fingerprint density at radius 2 is 2.05 bits per heavy atom. The number of hydrogen-bond donors (Lipinski definition) is 2. The van der Waals surface area contributed by atoms with Gasteiger partial charge in [0.15, 0.2) is 5.58 Å². The fourth-order valence-corrected chi connectivity index (χ4v) is 3.73. The summed E-state index contributed by atoms with van der Waals surface area (Å²) in [4.78, 5) is 4.29. The zero-order valence-electron chi connectivity index (χ0n) is 10.3. The van der Waals surface area contributed by atoms with Crippen molar-refractivity contribution in [3.05, 3.63) is 18.2 Å². The molecule has 0 amide bonds. The van der Waals surface area contributed by atoms with Crippen molar-refractivity contribution in [2.24, 2.45) is 0 Å². The highest BCUT2D eigenvalue weighted by Gasteiger charge is 2.24. The first-order valence-electron chi connectivity index (χ1n) is 6.15. The number of oxazole rings is 1. The predicted octanol–water partition coefficient (Wildman–Crippen LogP) is 1.40. The molecule has 1 aliphatic rings. The third-order valence-corrected chi connectivity index (χ3v) is 5.05. The molecular formula is C12H15N3O3S. The van der Waals surface area contributed by atoms with Crippen molar-refractivity contribution in [3.63, 3.8) is 0 Å². The lowest BCUT2D eigenvalue weighted by atomic mass is 10.2. The van der Waals surface area contributed by atoms with Crippen LogP contribution in [0.5, 0.6) is 0 Å². The summed E-state index contributed by atoms with van der Waals surface area (Å²) in [6.07, 6.45) is 1.16. The minimum absolute atomic E-state index is 0.0813. The van der Waals surface area contributed by atoms with Crippen LogP contribution >= 0.6 is 0 Å². The fraction of sp³-hybridized carbons (Fsp3) is 0.417. The molecule has 19 heavy (non-hydrogen) atoms. The molecule has 3 rings (SSSR count). The minimum atomic E-state index is -2.85. The molecule has 2 heterocycles. The Balaban J connectivity index is 1.77. The van der Waals surface area contributed by atoms with Crippen LogP contribution in [-0.4, -0.2) is 30.9 Å². The third kappa shape index (κ3) is 2.51. The highest BCUT2D eigenvalue weighted by Crippen LogP contribution is 2.25. The van der Waals surface area contributed by atoms with E-state index in [2.05, 4.69) is 10.3 Å². The molecule has 1 aromatic heterocycles. The first kappa shape index (κ1) is 12.3. The van der Waals surface area contributed by atoms with Gasteiger partial charge in [-0.15, -0.1) is 0 Å². The van der Waals surface area contributed by atoms with Gasteiger partial charge in [-0.1, -0.05) is 6.07 Å². The first-order chi connectivity index (χ1) is 9.03. The highest BCUT2D eigenvalue weighted by molar-refractivity contribution is 7.91. The predicted molar refractivity (Wildman–Crippen MR) is 73.7 cm³/mol. The van der Waals surface area contributed by atoms with Crippen LogP contribution in [0.1, 0.15) is 12.8 Å². The van der Waals surface area contributed by atoms with Crippen molar-refractivity contribution >= 4 is 32.6 Å². The number of fused-ring (bicyclic) bond motifs is 1. The molecular weight excluding hydrogens is 266 g/mol. The second-order valence-corrected chi connectivity index (χ2v) is 7.09. The number of nitrogens with zero attached hydrogens (tertiary/aromatic N) is 1. The summed E-state index contributed by atoms with van der Waals surface area (Å²) in [6, 6.07) is 5.85. The summed E-state index contributed by atoms with van der Waals surface area (Å²) in [7, 11) is -2.85. The average molecular weight is 281 g/mol. The molecule has 1 saturated heterocycles. The van der Waals surface area contributed by atoms with Crippen molar-refractivity contribution in [3.8, 4) is 0 Å². The lowest BCUT2D eigenvalue weighted by Crippen LogP contribution is -2.32. The zero-order valence-corrected chi connectivity index (χ0v) is 11.1. The molecule has 0 radical (unpaired) electrons. The number of sulfone groups is 1. The van der Waals surface area contributed by atoms with Gasteiger partial charge in [-0.05, 0) is 25.0 Å². The average Bonchev–Trinajstić information content (AvgIpc) is 2.76. The van der Waals surface area contributed by atoms with Gasteiger partial charge in [0, 0.05) is 6.04 Å². The molecule has 7 heteroatoms. The normalized spacial score (nSPS) is 19.6. The summed E-state index contributed by atoms with van der Waals surface area (Å²) in [6.45, 7) is 0. The summed E-state index contributed by atoms with van der Waals surface area (Å²) in [5, 5.41) is 3.14. The van der Waals surface area contributed by atoms with Gasteiger partial charge in [0.05, 0.1) is 17.2 Å². The second kappa shape index (κ2) is 4.41. The summed E-state index contributed by atoms with van der Waals surface area (Å²) in [5.74, 6) is 0.431. The Morgan fingerprint density at radius 1 is 1.32 bits per heavy atom. The van der Waals surface area contributed by atoms with Gasteiger partial charge in [0.2, 0.25) is 0 Å². The van der Waals surface area contributed by atoms with Crippen LogP contribution in [0.2, 0.25) is 0 Å². The fourth-order valence-electron chi connectivity index (χ4n) is 2.24. The molecule has 0 bridgehead atoms. The molecule has 1 fully saturated rings. The number of aromatic nitrogens is 1. The zero-order chi connectivity index (χ0) is 13.5. The number of nitrogens with one attached hydrogen (secondary N) is 1. The smallest absolute Gasteiger partial charge is 0.295 e. The van der Waals surface area contributed by atoms with E-state index in [0.717, 1.165) is 0 Å². The highest BCUT2D eigenvalue weighted by atomic mass is 32.2. The van der Waals surface area contributed by atoms with E-state index in [0.29, 0.717) is 35.6 Å². The van der Waals surface area contributed by atoms with Crippen molar-refractivity contribution in [2.45, 2.75) is 18.9 Å². The Labute approximate surface area is 110 Å². The summed E-state index contributed by atoms with van der Waals surface area (Å²) in [5.41, 5.74) is 7.64. The third-order valence-electron chi connectivity index (χ3n) is 3.33. The van der Waals surface area contributed by atoms with Crippen LogP contribution in [-0.2, 0) is 9.84 Å². The van der Waals surface area contributed by atoms with Gasteiger partial charge >= 0.3 is 0 Å². The van der Waals surface area contributed by atoms with Crippen LogP contribution in [0.25, 0.3) is 11.1 Å². The van der Waals surface area contributed by atoms with E-state index < -0.39 is 9.84 Å². The van der Waals surface area contributed by atoms with Crippen LogP contribution < -0.4 is 11.1 Å². The Bertz CT molecular complexity index is 694. The largest absolute Gasteiger partial charge is 0.423 e. The van der Waals surface area contributed by atoms with Crippen molar-refractivity contribution in [2.75, 3.05) is 22.6 Å². The van der Waals surface area contributed by atoms with E-state index in [4.69, 9.17) is 10.2 Å². The van der Waals surface area contributed by atoms with Crippen molar-refractivity contribution in [1.29, 1.82) is 0 Å². The second-order valence-electron chi connectivity index (χ2n) is 4.78. The monoisotopic (exact) mass is 281 g/mol. The number of benzene rings is 1. The molecule has 0 aliphatic carbocycles. The van der Waals surface area contributed by atoms with Crippen LogP contribution in [0.4, 0.5) is 11.7 Å². The van der Waals surface area contributed by atoms with Crippen molar-refractivity contribution < 1.29 is 12.8 Å². The van der Waals surface area contributed by atoms with Crippen LogP contribution in [0, 0.1) is 0 Å². The maximum atomic E-state index is 11.4. The number of nitrogens with two attached hydrogens (primary N) is 1. The number of rotatable bonds is 2. The van der Waals surface area contributed by atoms with E-state index in [1.54, 1.807) is 18.2 Å². The van der Waals surface area contributed by atoms with E-state index in [1.807, 2.05) is 0 Å². The van der Waals surface area contributed by atoms with E-state index in [1.165, 1.54) is 0 Å². The minimum Gasteiger partial charge on any atom is -0.423 e. The Morgan fingerprint density at radius 3 is 2.74 bits per heavy atom. The van der Waals surface area contributed by atoms with E-state index >= 15 is 0 Å². The maximum absolute atomic E-state index is 11.4. The van der Waals surface area contributed by atoms with Gasteiger partial charge in [-0.3, -0.25) is 0 Å². The molecule has 0 saturated carbocycles. The van der Waals surface area contributed by atoms with Gasteiger partial charge in [0.1, 0.15) is 15.4 Å². The van der Waals surface area contributed by atoms with Crippen LogP contribution in [0.3, 0.4) is 0 Å². The molecule has 2 aromatic rings. The van der Waals surface area contributed by atoms with E-state index in [-0.39, 0.29) is 17.5 Å². The topological polar surface area (TPSA) is 98.2 Å². The maximum Gasteiger partial charge on any atom is 0.295 e. The first-order valence-corrected chi connectivity index (χ1v) is 7.98. The number of para-hydroxylation sites is 1. The number of nitrogen functional groups attached to an aromatic ring is 1. The lowest BCUT2D eigenvalue weighted by molar-refractivity contribution is 0.542. The summed E-state index contributed by atoms with van der Waals surface area (Å²) < 4.78 is 28.3. The lowest BCUT2D eigenvalue weighted by Gasteiger charge is -2.21. The quantitative estimate of drug-likeness (QED) is 0.807. The number of anilines is 2. The molecule has 102 valence electrons. The van der Waals surface area contributed by atoms with Crippen LogP contribution in [0.15, 0.2) is 22.6 Å². The SMILES string of the molecule is Nc1cccc2oc(NC3CCS(=O)(=O)CC3)nc12. The van der Waals surface area contributed by atoms with Gasteiger partial charge in [-0.25, -0.2) is 8.42 Å². The van der Waals surface area contributed by atoms with Gasteiger partial charge < -0.3 is 15.5 Å². The Kier molecular flexibility index (Phi) is 2.85. The number of hydrogen-bond acceptors (Lipinski definition) is 6. The Hall–Kier alpha value is -1.76. The molecule has 1 aliphatic heterocycles.